The minimum absolute atomic E-state index is 0.212. The SMILES string of the molecule is CC(C)(C)C1CCC(C(=O)NC/C=C/CN)CC1. The summed E-state index contributed by atoms with van der Waals surface area (Å²) < 4.78 is 0. The maximum absolute atomic E-state index is 11.9. The van der Waals surface area contributed by atoms with Crippen molar-refractivity contribution < 1.29 is 4.79 Å². The first-order chi connectivity index (χ1) is 8.45. The van der Waals surface area contributed by atoms with Gasteiger partial charge in [0, 0.05) is 19.0 Å². The van der Waals surface area contributed by atoms with Crippen LogP contribution in [0.25, 0.3) is 0 Å². The normalized spacial score (nSPS) is 25.3. The molecule has 0 aromatic heterocycles. The Balaban J connectivity index is 2.30. The second kappa shape index (κ2) is 6.93. The van der Waals surface area contributed by atoms with Crippen molar-refractivity contribution in [2.24, 2.45) is 23.0 Å². The number of carbonyl (C=O) groups is 1. The Morgan fingerprint density at radius 1 is 1.22 bits per heavy atom. The summed E-state index contributed by atoms with van der Waals surface area (Å²) in [7, 11) is 0. The average molecular weight is 252 g/mol. The number of nitrogens with one attached hydrogen (secondary N) is 1. The second-order valence-corrected chi connectivity index (χ2v) is 6.37. The Hall–Kier alpha value is -0.830. The molecule has 0 heterocycles. The van der Waals surface area contributed by atoms with Crippen LogP contribution in [0.15, 0.2) is 12.2 Å². The molecular formula is C15H28N2O. The number of carbonyl (C=O) groups excluding carboxylic acids is 1. The lowest BCUT2D eigenvalue weighted by molar-refractivity contribution is -0.126. The molecule has 0 aromatic carbocycles. The molecule has 0 bridgehead atoms. The molecule has 0 unspecified atom stereocenters. The monoisotopic (exact) mass is 252 g/mol. The molecular weight excluding hydrogens is 224 g/mol. The van der Waals surface area contributed by atoms with Crippen molar-refractivity contribution in [3.63, 3.8) is 0 Å². The van der Waals surface area contributed by atoms with Gasteiger partial charge < -0.3 is 11.1 Å². The van der Waals surface area contributed by atoms with Gasteiger partial charge in [0.15, 0.2) is 0 Å². The summed E-state index contributed by atoms with van der Waals surface area (Å²) in [6, 6.07) is 0. The van der Waals surface area contributed by atoms with Gasteiger partial charge in [-0.1, -0.05) is 32.9 Å². The molecule has 18 heavy (non-hydrogen) atoms. The van der Waals surface area contributed by atoms with Gasteiger partial charge in [-0.2, -0.15) is 0 Å². The molecule has 0 atom stereocenters. The standard InChI is InChI=1S/C15H28N2O/c1-15(2,3)13-8-6-12(7-9-13)14(18)17-11-5-4-10-16/h4-5,12-13H,6-11,16H2,1-3H3,(H,17,18)/b5-4+. The van der Waals surface area contributed by atoms with Gasteiger partial charge in [-0.05, 0) is 37.0 Å². The highest BCUT2D eigenvalue weighted by Crippen LogP contribution is 2.39. The fourth-order valence-electron chi connectivity index (χ4n) is 2.71. The molecule has 0 spiro atoms. The van der Waals surface area contributed by atoms with Gasteiger partial charge in [-0.25, -0.2) is 0 Å². The van der Waals surface area contributed by atoms with E-state index in [2.05, 4.69) is 26.1 Å². The van der Waals surface area contributed by atoms with Crippen molar-refractivity contribution >= 4 is 5.91 Å². The van der Waals surface area contributed by atoms with E-state index in [0.29, 0.717) is 18.5 Å². The Morgan fingerprint density at radius 2 is 1.83 bits per heavy atom. The quantitative estimate of drug-likeness (QED) is 0.755. The van der Waals surface area contributed by atoms with Crippen molar-refractivity contribution in [2.45, 2.75) is 46.5 Å². The highest BCUT2D eigenvalue weighted by atomic mass is 16.1. The number of hydrogen-bond acceptors (Lipinski definition) is 2. The molecule has 1 amide bonds. The zero-order valence-electron chi connectivity index (χ0n) is 12.0. The van der Waals surface area contributed by atoms with Crippen LogP contribution in [0.5, 0.6) is 0 Å². The molecule has 0 saturated heterocycles. The van der Waals surface area contributed by atoms with Crippen LogP contribution in [0.1, 0.15) is 46.5 Å². The van der Waals surface area contributed by atoms with E-state index in [1.54, 1.807) is 0 Å². The number of hydrogen-bond donors (Lipinski definition) is 2. The number of nitrogens with two attached hydrogens (primary N) is 1. The molecule has 1 rings (SSSR count). The third-order valence-corrected chi connectivity index (χ3v) is 4.02. The molecule has 1 saturated carbocycles. The fraction of sp³-hybridized carbons (Fsp3) is 0.800. The largest absolute Gasteiger partial charge is 0.352 e. The van der Waals surface area contributed by atoms with E-state index in [1.165, 1.54) is 12.8 Å². The smallest absolute Gasteiger partial charge is 0.223 e. The van der Waals surface area contributed by atoms with Gasteiger partial charge in [-0.15, -0.1) is 0 Å². The third kappa shape index (κ3) is 4.81. The maximum Gasteiger partial charge on any atom is 0.223 e. The summed E-state index contributed by atoms with van der Waals surface area (Å²) in [5, 5.41) is 2.96. The van der Waals surface area contributed by atoms with Crippen LogP contribution in [0.3, 0.4) is 0 Å². The van der Waals surface area contributed by atoms with E-state index < -0.39 is 0 Å². The van der Waals surface area contributed by atoms with Crippen molar-refractivity contribution in [1.82, 2.24) is 5.32 Å². The van der Waals surface area contributed by atoms with E-state index in [-0.39, 0.29) is 11.8 Å². The van der Waals surface area contributed by atoms with Crippen molar-refractivity contribution in [1.29, 1.82) is 0 Å². The first kappa shape index (κ1) is 15.2. The lowest BCUT2D eigenvalue weighted by atomic mass is 9.70. The van der Waals surface area contributed by atoms with Crippen molar-refractivity contribution in [3.05, 3.63) is 12.2 Å². The van der Waals surface area contributed by atoms with Crippen molar-refractivity contribution in [3.8, 4) is 0 Å². The molecule has 3 nitrogen and oxygen atoms in total. The van der Waals surface area contributed by atoms with Gasteiger partial charge in [0.2, 0.25) is 5.91 Å². The summed E-state index contributed by atoms with van der Waals surface area (Å²) in [5.74, 6) is 1.19. The average Bonchev–Trinajstić information content (AvgIpc) is 2.33. The van der Waals surface area contributed by atoms with Crippen LogP contribution >= 0.6 is 0 Å². The Morgan fingerprint density at radius 3 is 2.33 bits per heavy atom. The van der Waals surface area contributed by atoms with E-state index >= 15 is 0 Å². The predicted octanol–water partition coefficient (Wildman–Crippen LogP) is 2.47. The molecule has 0 radical (unpaired) electrons. The summed E-state index contributed by atoms with van der Waals surface area (Å²) in [5.41, 5.74) is 5.72. The summed E-state index contributed by atoms with van der Waals surface area (Å²) in [4.78, 5) is 11.9. The third-order valence-electron chi connectivity index (χ3n) is 4.02. The zero-order valence-corrected chi connectivity index (χ0v) is 12.0. The number of amides is 1. The lowest BCUT2D eigenvalue weighted by Crippen LogP contribution is -2.35. The van der Waals surface area contributed by atoms with Crippen LogP contribution in [0, 0.1) is 17.3 Å². The molecule has 3 N–H and O–H groups in total. The summed E-state index contributed by atoms with van der Waals surface area (Å²) in [6.07, 6.45) is 8.22. The maximum atomic E-state index is 11.9. The molecule has 3 heteroatoms. The second-order valence-electron chi connectivity index (χ2n) is 6.37. The Kier molecular flexibility index (Phi) is 5.86. The molecule has 0 aliphatic heterocycles. The zero-order chi connectivity index (χ0) is 13.6. The Bertz CT molecular complexity index is 283. The van der Waals surface area contributed by atoms with Gasteiger partial charge in [0.05, 0.1) is 0 Å². The molecule has 1 aliphatic carbocycles. The summed E-state index contributed by atoms with van der Waals surface area (Å²) in [6.45, 7) is 8.04. The van der Waals surface area contributed by atoms with E-state index in [1.807, 2.05) is 12.2 Å². The van der Waals surface area contributed by atoms with Gasteiger partial charge in [0.25, 0.3) is 0 Å². The van der Waals surface area contributed by atoms with Crippen LogP contribution in [0.4, 0.5) is 0 Å². The van der Waals surface area contributed by atoms with Gasteiger partial charge in [0.1, 0.15) is 0 Å². The highest BCUT2D eigenvalue weighted by Gasteiger charge is 2.31. The predicted molar refractivity (Wildman–Crippen MR) is 76.1 cm³/mol. The number of rotatable bonds is 4. The molecule has 0 aromatic rings. The molecule has 1 aliphatic rings. The topological polar surface area (TPSA) is 55.1 Å². The van der Waals surface area contributed by atoms with Gasteiger partial charge in [-0.3, -0.25) is 4.79 Å². The molecule has 1 fully saturated rings. The van der Waals surface area contributed by atoms with Crippen LogP contribution in [-0.2, 0) is 4.79 Å². The fourth-order valence-corrected chi connectivity index (χ4v) is 2.71. The summed E-state index contributed by atoms with van der Waals surface area (Å²) >= 11 is 0. The van der Waals surface area contributed by atoms with Gasteiger partial charge >= 0.3 is 0 Å². The van der Waals surface area contributed by atoms with Crippen LogP contribution in [-0.4, -0.2) is 19.0 Å². The minimum atomic E-state index is 0.212. The van der Waals surface area contributed by atoms with E-state index in [4.69, 9.17) is 5.73 Å². The van der Waals surface area contributed by atoms with Crippen molar-refractivity contribution in [2.75, 3.05) is 13.1 Å². The van der Waals surface area contributed by atoms with E-state index in [0.717, 1.165) is 18.8 Å². The minimum Gasteiger partial charge on any atom is -0.352 e. The van der Waals surface area contributed by atoms with Crippen LogP contribution < -0.4 is 11.1 Å². The lowest BCUT2D eigenvalue weighted by Gasteiger charge is -2.36. The van der Waals surface area contributed by atoms with Crippen LogP contribution in [0.2, 0.25) is 0 Å². The molecule has 104 valence electrons. The first-order valence-corrected chi connectivity index (χ1v) is 7.08. The first-order valence-electron chi connectivity index (χ1n) is 7.08. The highest BCUT2D eigenvalue weighted by molar-refractivity contribution is 5.78. The Labute approximate surface area is 111 Å². The van der Waals surface area contributed by atoms with E-state index in [9.17, 15) is 4.79 Å².